The highest BCUT2D eigenvalue weighted by atomic mass is 16.5. The lowest BCUT2D eigenvalue weighted by Gasteiger charge is -2.37. The quantitative estimate of drug-likeness (QED) is 0.678. The monoisotopic (exact) mass is 455 g/mol. The van der Waals surface area contributed by atoms with Gasteiger partial charge in [-0.15, -0.1) is 0 Å². The molecule has 9 heteroatoms. The van der Waals surface area contributed by atoms with Crippen molar-refractivity contribution in [3.8, 4) is 5.75 Å². The largest absolute Gasteiger partial charge is 0.485 e. The smallest absolute Gasteiger partial charge is 0.255 e. The van der Waals surface area contributed by atoms with Crippen LogP contribution in [0.15, 0.2) is 29.1 Å². The molecule has 0 saturated carbocycles. The van der Waals surface area contributed by atoms with Crippen LogP contribution in [0.1, 0.15) is 24.6 Å². The van der Waals surface area contributed by atoms with E-state index in [4.69, 9.17) is 9.47 Å². The van der Waals surface area contributed by atoms with Gasteiger partial charge >= 0.3 is 0 Å². The third kappa shape index (κ3) is 5.30. The van der Waals surface area contributed by atoms with Crippen LogP contribution in [0.4, 0.5) is 11.6 Å². The standard InChI is InChI=1S/C24H33N5O4/c1-4-28-16-18(33-21-8-6-5-7-20(21)28)15-27(3)22(30)10-9-19-17(2)25-24(26-23(19)31)29-11-13-32-14-12-29/h5-8,18H,4,9-16H2,1-3H3,(H,25,26,31). The molecule has 1 saturated heterocycles. The van der Waals surface area contributed by atoms with Gasteiger partial charge in [-0.2, -0.15) is 0 Å². The van der Waals surface area contributed by atoms with Crippen LogP contribution >= 0.6 is 0 Å². The minimum Gasteiger partial charge on any atom is -0.485 e. The molecule has 1 unspecified atom stereocenters. The summed E-state index contributed by atoms with van der Waals surface area (Å²) in [6.45, 7) is 8.70. The number of H-pyrrole nitrogens is 1. The van der Waals surface area contributed by atoms with Crippen molar-refractivity contribution < 1.29 is 14.3 Å². The number of carbonyl (C=O) groups excluding carboxylic acids is 1. The molecule has 2 aliphatic heterocycles. The fraction of sp³-hybridized carbons (Fsp3) is 0.542. The number of fused-ring (bicyclic) bond motifs is 1. The highest BCUT2D eigenvalue weighted by Crippen LogP contribution is 2.32. The van der Waals surface area contributed by atoms with E-state index in [2.05, 4.69) is 27.9 Å². The molecule has 1 N–H and O–H groups in total. The van der Waals surface area contributed by atoms with E-state index in [0.717, 1.165) is 24.5 Å². The molecule has 1 aromatic heterocycles. The Balaban J connectivity index is 1.35. The zero-order chi connectivity index (χ0) is 23.4. The Bertz CT molecular complexity index is 1030. The molecule has 2 aromatic rings. The summed E-state index contributed by atoms with van der Waals surface area (Å²) in [5.41, 5.74) is 2.15. The fourth-order valence-corrected chi connectivity index (χ4v) is 4.42. The van der Waals surface area contributed by atoms with E-state index in [-0.39, 0.29) is 24.0 Å². The van der Waals surface area contributed by atoms with Gasteiger partial charge < -0.3 is 24.2 Å². The maximum atomic E-state index is 12.8. The number of amides is 1. The van der Waals surface area contributed by atoms with Crippen LogP contribution in [0.2, 0.25) is 0 Å². The molecule has 0 aliphatic carbocycles. The van der Waals surface area contributed by atoms with Gasteiger partial charge in [0, 0.05) is 44.4 Å². The summed E-state index contributed by atoms with van der Waals surface area (Å²) in [6, 6.07) is 7.99. The predicted molar refractivity (Wildman–Crippen MR) is 127 cm³/mol. The summed E-state index contributed by atoms with van der Waals surface area (Å²) >= 11 is 0. The predicted octanol–water partition coefficient (Wildman–Crippen LogP) is 1.59. The third-order valence-electron chi connectivity index (χ3n) is 6.32. The fourth-order valence-electron chi connectivity index (χ4n) is 4.42. The van der Waals surface area contributed by atoms with Crippen molar-refractivity contribution in [2.24, 2.45) is 0 Å². The lowest BCUT2D eigenvalue weighted by atomic mass is 10.1. The van der Waals surface area contributed by atoms with Crippen LogP contribution < -0.4 is 20.1 Å². The number of aromatic nitrogens is 2. The van der Waals surface area contributed by atoms with Crippen LogP contribution in [0.5, 0.6) is 5.75 Å². The Kier molecular flexibility index (Phi) is 7.17. The molecule has 1 fully saturated rings. The molecule has 33 heavy (non-hydrogen) atoms. The lowest BCUT2D eigenvalue weighted by Crippen LogP contribution is -2.46. The molecule has 1 atom stereocenters. The van der Waals surface area contributed by atoms with Crippen LogP contribution in [0, 0.1) is 6.92 Å². The second-order valence-electron chi connectivity index (χ2n) is 8.57. The van der Waals surface area contributed by atoms with Gasteiger partial charge in [0.2, 0.25) is 11.9 Å². The number of hydrogen-bond acceptors (Lipinski definition) is 7. The molecule has 9 nitrogen and oxygen atoms in total. The van der Waals surface area contributed by atoms with E-state index in [1.807, 2.05) is 30.0 Å². The van der Waals surface area contributed by atoms with E-state index in [9.17, 15) is 9.59 Å². The number of rotatable bonds is 7. The number of anilines is 2. The number of ether oxygens (including phenoxy) is 2. The molecule has 0 radical (unpaired) electrons. The Morgan fingerprint density at radius 3 is 2.76 bits per heavy atom. The molecule has 0 spiro atoms. The van der Waals surface area contributed by atoms with Crippen LogP contribution in [0.25, 0.3) is 0 Å². The van der Waals surface area contributed by atoms with Crippen molar-refractivity contribution in [3.63, 3.8) is 0 Å². The highest BCUT2D eigenvalue weighted by Gasteiger charge is 2.27. The van der Waals surface area contributed by atoms with E-state index < -0.39 is 0 Å². The average molecular weight is 456 g/mol. The third-order valence-corrected chi connectivity index (χ3v) is 6.32. The average Bonchev–Trinajstić information content (AvgIpc) is 2.83. The van der Waals surface area contributed by atoms with Crippen molar-refractivity contribution in [3.05, 3.63) is 45.9 Å². The number of nitrogens with one attached hydrogen (secondary N) is 1. The summed E-state index contributed by atoms with van der Waals surface area (Å²) in [7, 11) is 1.79. The molecule has 178 valence electrons. The molecular formula is C24H33N5O4. The van der Waals surface area contributed by atoms with Gasteiger partial charge in [0.1, 0.15) is 11.9 Å². The van der Waals surface area contributed by atoms with Gasteiger partial charge in [-0.25, -0.2) is 4.98 Å². The Hall–Kier alpha value is -3.07. The number of nitrogens with zero attached hydrogens (tertiary/aromatic N) is 4. The lowest BCUT2D eigenvalue weighted by molar-refractivity contribution is -0.130. The van der Waals surface area contributed by atoms with Gasteiger partial charge in [0.05, 0.1) is 32.0 Å². The number of benzene rings is 1. The first-order chi connectivity index (χ1) is 16.0. The number of hydrogen-bond donors (Lipinski definition) is 1. The van der Waals surface area contributed by atoms with Crippen molar-refractivity contribution in [1.29, 1.82) is 0 Å². The zero-order valence-corrected chi connectivity index (χ0v) is 19.7. The SMILES string of the molecule is CCN1CC(CN(C)C(=O)CCc2c(C)nc(N3CCOCC3)[nH]c2=O)Oc2ccccc21. The molecule has 2 aliphatic rings. The van der Waals surface area contributed by atoms with E-state index in [1.54, 1.807) is 11.9 Å². The minimum atomic E-state index is -0.176. The number of aromatic amines is 1. The zero-order valence-electron chi connectivity index (χ0n) is 19.7. The first-order valence-corrected chi connectivity index (χ1v) is 11.6. The molecular weight excluding hydrogens is 422 g/mol. The first-order valence-electron chi connectivity index (χ1n) is 11.6. The summed E-state index contributed by atoms with van der Waals surface area (Å²) in [6.07, 6.45) is 0.504. The maximum absolute atomic E-state index is 12.8. The summed E-state index contributed by atoms with van der Waals surface area (Å²) in [5, 5.41) is 0. The highest BCUT2D eigenvalue weighted by molar-refractivity contribution is 5.76. The number of aryl methyl sites for hydroxylation is 1. The Labute approximate surface area is 194 Å². The second-order valence-corrected chi connectivity index (χ2v) is 8.57. The molecule has 1 aromatic carbocycles. The minimum absolute atomic E-state index is 0.0171. The number of likely N-dealkylation sites (N-methyl/N-ethyl adjacent to an activating group) is 2. The van der Waals surface area contributed by atoms with Crippen LogP contribution in [-0.2, 0) is 16.0 Å². The Morgan fingerprint density at radius 1 is 1.27 bits per heavy atom. The van der Waals surface area contributed by atoms with Gasteiger partial charge in [-0.3, -0.25) is 14.6 Å². The Morgan fingerprint density at radius 2 is 2.03 bits per heavy atom. The van der Waals surface area contributed by atoms with E-state index >= 15 is 0 Å². The van der Waals surface area contributed by atoms with Gasteiger partial charge in [-0.1, -0.05) is 12.1 Å². The molecule has 0 bridgehead atoms. The number of morpholine rings is 1. The number of carbonyl (C=O) groups is 1. The maximum Gasteiger partial charge on any atom is 0.255 e. The molecule has 3 heterocycles. The van der Waals surface area contributed by atoms with Gasteiger partial charge in [0.15, 0.2) is 0 Å². The van der Waals surface area contributed by atoms with Gasteiger partial charge in [-0.05, 0) is 32.4 Å². The van der Waals surface area contributed by atoms with Gasteiger partial charge in [0.25, 0.3) is 5.56 Å². The summed E-state index contributed by atoms with van der Waals surface area (Å²) in [4.78, 5) is 39.0. The van der Waals surface area contributed by atoms with Crippen LogP contribution in [0.3, 0.4) is 0 Å². The van der Waals surface area contributed by atoms with E-state index in [0.29, 0.717) is 56.5 Å². The van der Waals surface area contributed by atoms with Crippen molar-refractivity contribution >= 4 is 17.5 Å². The van der Waals surface area contributed by atoms with Crippen LogP contribution in [-0.4, -0.2) is 79.9 Å². The van der Waals surface area contributed by atoms with E-state index in [1.165, 1.54) is 0 Å². The second kappa shape index (κ2) is 10.2. The van der Waals surface area contributed by atoms with Crippen molar-refractivity contribution in [2.45, 2.75) is 32.8 Å². The summed E-state index contributed by atoms with van der Waals surface area (Å²) in [5.74, 6) is 1.41. The normalized spacial score (nSPS) is 18.0. The van der Waals surface area contributed by atoms with Crippen molar-refractivity contribution in [2.75, 3.05) is 62.8 Å². The summed E-state index contributed by atoms with van der Waals surface area (Å²) < 4.78 is 11.5. The molecule has 1 amide bonds. The van der Waals surface area contributed by atoms with Crippen molar-refractivity contribution in [1.82, 2.24) is 14.9 Å². The number of para-hydroxylation sites is 2. The molecule has 4 rings (SSSR count). The first kappa shape index (κ1) is 23.1. The topological polar surface area (TPSA) is 91.0 Å².